The lowest BCUT2D eigenvalue weighted by atomic mass is 9.95. The lowest BCUT2D eigenvalue weighted by Crippen LogP contribution is -2.36. The minimum Gasteiger partial charge on any atom is -0.355 e. The van der Waals surface area contributed by atoms with E-state index in [9.17, 15) is 4.79 Å². The van der Waals surface area contributed by atoms with Crippen molar-refractivity contribution in [1.29, 1.82) is 0 Å². The number of amides is 1. The minimum absolute atomic E-state index is 0. The number of aryl methyl sites for hydroxylation is 1. The Bertz CT molecular complexity index is 707. The van der Waals surface area contributed by atoms with Gasteiger partial charge in [0.15, 0.2) is 0 Å². The number of nitrogens with two attached hydrogens (primary N) is 1. The monoisotopic (exact) mass is 413 g/mol. The largest absolute Gasteiger partial charge is 0.355 e. The smallest absolute Gasteiger partial charge is 0.224 e. The van der Waals surface area contributed by atoms with Crippen molar-refractivity contribution >= 4 is 30.7 Å². The summed E-state index contributed by atoms with van der Waals surface area (Å²) in [6.07, 6.45) is 5.31. The van der Waals surface area contributed by atoms with Crippen molar-refractivity contribution in [2.75, 3.05) is 6.54 Å². The molecule has 0 spiro atoms. The first kappa shape index (κ1) is 23.4. The number of fused-ring (bicyclic) bond motifs is 1. The van der Waals surface area contributed by atoms with Crippen LogP contribution in [0.15, 0.2) is 30.3 Å². The average molecular weight is 414 g/mol. The Morgan fingerprint density at radius 3 is 2.67 bits per heavy atom. The highest BCUT2D eigenvalue weighted by Gasteiger charge is 2.22. The fourth-order valence-electron chi connectivity index (χ4n) is 3.32. The maximum Gasteiger partial charge on any atom is 0.224 e. The number of carbonyl (C=O) groups excluding carboxylic acids is 1. The number of aromatic nitrogens is 3. The molecule has 1 aromatic heterocycles. The fourth-order valence-corrected chi connectivity index (χ4v) is 3.32. The highest BCUT2D eigenvalue weighted by molar-refractivity contribution is 5.85. The second-order valence-electron chi connectivity index (χ2n) is 6.76. The van der Waals surface area contributed by atoms with Crippen LogP contribution in [0, 0.1) is 5.92 Å². The van der Waals surface area contributed by atoms with E-state index >= 15 is 0 Å². The molecule has 1 aromatic carbocycles. The van der Waals surface area contributed by atoms with Crippen LogP contribution in [0.25, 0.3) is 0 Å². The van der Waals surface area contributed by atoms with Crippen molar-refractivity contribution in [1.82, 2.24) is 20.1 Å². The highest BCUT2D eigenvalue weighted by Crippen LogP contribution is 2.19. The van der Waals surface area contributed by atoms with Crippen LogP contribution < -0.4 is 11.1 Å². The lowest BCUT2D eigenvalue weighted by Gasteiger charge is -2.19. The van der Waals surface area contributed by atoms with E-state index in [1.807, 2.05) is 37.3 Å². The van der Waals surface area contributed by atoms with Crippen molar-refractivity contribution in [3.05, 3.63) is 47.5 Å². The Morgan fingerprint density at radius 2 is 1.93 bits per heavy atom. The van der Waals surface area contributed by atoms with E-state index in [0.29, 0.717) is 13.0 Å². The summed E-state index contributed by atoms with van der Waals surface area (Å²) < 4.78 is 2.22. The van der Waals surface area contributed by atoms with Gasteiger partial charge >= 0.3 is 0 Å². The van der Waals surface area contributed by atoms with Gasteiger partial charge in [-0.3, -0.25) is 4.79 Å². The van der Waals surface area contributed by atoms with Crippen LogP contribution >= 0.6 is 24.8 Å². The zero-order valence-electron chi connectivity index (χ0n) is 15.6. The molecule has 6 nitrogen and oxygen atoms in total. The zero-order valence-corrected chi connectivity index (χ0v) is 17.3. The van der Waals surface area contributed by atoms with Crippen LogP contribution in [0.4, 0.5) is 0 Å². The molecule has 1 aliphatic rings. The van der Waals surface area contributed by atoms with Gasteiger partial charge in [0.2, 0.25) is 5.91 Å². The second-order valence-corrected chi connectivity index (χ2v) is 6.76. The summed E-state index contributed by atoms with van der Waals surface area (Å²) in [6.45, 7) is 3.42. The molecule has 150 valence electrons. The van der Waals surface area contributed by atoms with Gasteiger partial charge in [-0.05, 0) is 18.4 Å². The van der Waals surface area contributed by atoms with E-state index in [-0.39, 0.29) is 42.7 Å². The number of hydrogen-bond donors (Lipinski definition) is 2. The van der Waals surface area contributed by atoms with E-state index in [4.69, 9.17) is 5.73 Å². The molecule has 0 radical (unpaired) electrons. The lowest BCUT2D eigenvalue weighted by molar-refractivity contribution is -0.125. The van der Waals surface area contributed by atoms with Gasteiger partial charge in [-0.25, -0.2) is 0 Å². The summed E-state index contributed by atoms with van der Waals surface area (Å²) in [5, 5.41) is 11.6. The van der Waals surface area contributed by atoms with Crippen molar-refractivity contribution < 1.29 is 4.79 Å². The molecule has 2 heterocycles. The molecule has 1 aliphatic heterocycles. The van der Waals surface area contributed by atoms with Gasteiger partial charge in [0.05, 0.1) is 5.92 Å². The predicted molar refractivity (Wildman–Crippen MR) is 111 cm³/mol. The molecular formula is C19H29Cl2N5O. The zero-order chi connectivity index (χ0) is 17.6. The average Bonchev–Trinajstić information content (AvgIpc) is 2.87. The quantitative estimate of drug-likeness (QED) is 0.761. The van der Waals surface area contributed by atoms with Crippen molar-refractivity contribution in [2.24, 2.45) is 11.7 Å². The topological polar surface area (TPSA) is 85.8 Å². The SMILES string of the molecule is CC(C(=O)NCCc1nnc2n1CCCCC2)C(N)c1ccccc1.Cl.Cl. The van der Waals surface area contributed by atoms with E-state index < -0.39 is 0 Å². The van der Waals surface area contributed by atoms with E-state index in [2.05, 4.69) is 20.1 Å². The maximum absolute atomic E-state index is 12.4. The van der Waals surface area contributed by atoms with Gasteiger partial charge in [0, 0.05) is 32.0 Å². The molecule has 2 unspecified atom stereocenters. The molecule has 2 atom stereocenters. The Labute approximate surface area is 173 Å². The molecule has 3 rings (SSSR count). The Kier molecular flexibility index (Phi) is 9.77. The maximum atomic E-state index is 12.4. The molecule has 0 saturated carbocycles. The first-order valence-electron chi connectivity index (χ1n) is 9.16. The minimum atomic E-state index is -0.300. The summed E-state index contributed by atoms with van der Waals surface area (Å²) in [5.41, 5.74) is 7.21. The third kappa shape index (κ3) is 5.92. The number of nitrogens with zero attached hydrogens (tertiary/aromatic N) is 3. The normalized spacial score (nSPS) is 15.3. The fraction of sp³-hybridized carbons (Fsp3) is 0.526. The Balaban J connectivity index is 0.00000182. The number of hydrogen-bond acceptors (Lipinski definition) is 4. The molecule has 2 aromatic rings. The predicted octanol–water partition coefficient (Wildman–Crippen LogP) is 2.84. The molecule has 27 heavy (non-hydrogen) atoms. The molecular weight excluding hydrogens is 385 g/mol. The van der Waals surface area contributed by atoms with Crippen LogP contribution in [0.2, 0.25) is 0 Å². The number of rotatable bonds is 6. The van der Waals surface area contributed by atoms with Crippen LogP contribution in [0.3, 0.4) is 0 Å². The molecule has 0 fully saturated rings. The summed E-state index contributed by atoms with van der Waals surface area (Å²) in [4.78, 5) is 12.4. The summed E-state index contributed by atoms with van der Waals surface area (Å²) in [6, 6.07) is 9.45. The number of carbonyl (C=O) groups is 1. The number of benzene rings is 1. The molecule has 8 heteroatoms. The van der Waals surface area contributed by atoms with E-state index in [1.165, 1.54) is 19.3 Å². The molecule has 1 amide bonds. The van der Waals surface area contributed by atoms with Crippen molar-refractivity contribution in [2.45, 2.75) is 51.6 Å². The number of halogens is 2. The summed E-state index contributed by atoms with van der Waals surface area (Å²) in [5.74, 6) is 1.75. The molecule has 3 N–H and O–H groups in total. The van der Waals surface area contributed by atoms with Crippen LogP contribution in [-0.2, 0) is 24.2 Å². The Morgan fingerprint density at radius 1 is 1.19 bits per heavy atom. The Hall–Kier alpha value is -1.63. The third-order valence-corrected chi connectivity index (χ3v) is 4.97. The van der Waals surface area contributed by atoms with Gasteiger partial charge in [-0.2, -0.15) is 0 Å². The first-order chi connectivity index (χ1) is 12.2. The van der Waals surface area contributed by atoms with Gasteiger partial charge < -0.3 is 15.6 Å². The van der Waals surface area contributed by atoms with E-state index in [1.54, 1.807) is 0 Å². The molecule has 0 saturated heterocycles. The standard InChI is InChI=1S/C19H27N5O.2ClH/c1-14(18(20)15-8-4-2-5-9-15)19(25)21-12-11-17-23-22-16-10-6-3-7-13-24(16)17;;/h2,4-5,8-9,14,18H,3,6-7,10-13,20H2,1H3,(H,21,25);2*1H. The van der Waals surface area contributed by atoms with Gasteiger partial charge in [-0.1, -0.05) is 43.7 Å². The van der Waals surface area contributed by atoms with Gasteiger partial charge in [-0.15, -0.1) is 35.0 Å². The van der Waals surface area contributed by atoms with Crippen LogP contribution in [0.1, 0.15) is 49.4 Å². The van der Waals surface area contributed by atoms with Gasteiger partial charge in [0.25, 0.3) is 0 Å². The second kappa shape index (κ2) is 11.3. The molecule has 0 aliphatic carbocycles. The summed E-state index contributed by atoms with van der Waals surface area (Å²) in [7, 11) is 0. The van der Waals surface area contributed by atoms with Gasteiger partial charge in [0.1, 0.15) is 11.6 Å². The van der Waals surface area contributed by atoms with Crippen LogP contribution in [0.5, 0.6) is 0 Å². The van der Waals surface area contributed by atoms with Crippen LogP contribution in [-0.4, -0.2) is 27.2 Å². The van der Waals surface area contributed by atoms with E-state index in [0.717, 1.165) is 30.2 Å². The van der Waals surface area contributed by atoms with Crippen molar-refractivity contribution in [3.8, 4) is 0 Å². The van der Waals surface area contributed by atoms with Crippen molar-refractivity contribution in [3.63, 3.8) is 0 Å². The third-order valence-electron chi connectivity index (χ3n) is 4.97. The highest BCUT2D eigenvalue weighted by atomic mass is 35.5. The number of nitrogens with one attached hydrogen (secondary N) is 1. The molecule has 0 bridgehead atoms. The first-order valence-corrected chi connectivity index (χ1v) is 9.16. The summed E-state index contributed by atoms with van der Waals surface area (Å²) >= 11 is 0.